The molecule has 4 heterocycles. The van der Waals surface area contributed by atoms with E-state index in [1.165, 1.54) is 0 Å². The third-order valence-corrected chi connectivity index (χ3v) is 9.18. The van der Waals surface area contributed by atoms with Gasteiger partial charge in [0.25, 0.3) is 0 Å². The summed E-state index contributed by atoms with van der Waals surface area (Å²) in [6.45, 7) is 4.39. The van der Waals surface area contributed by atoms with Gasteiger partial charge in [-0.3, -0.25) is 14.6 Å². The van der Waals surface area contributed by atoms with Gasteiger partial charge in [0.05, 0.1) is 11.6 Å². The molecule has 3 aromatic rings. The van der Waals surface area contributed by atoms with Crippen LogP contribution in [0.3, 0.4) is 0 Å². The summed E-state index contributed by atoms with van der Waals surface area (Å²) in [5, 5.41) is 12.5. The zero-order valence-electron chi connectivity index (χ0n) is 24.8. The molecule has 4 fully saturated rings. The average molecular weight is 598 g/mol. The van der Waals surface area contributed by atoms with Crippen LogP contribution in [-0.2, 0) is 16.0 Å². The van der Waals surface area contributed by atoms with Crippen molar-refractivity contribution in [1.82, 2.24) is 15.1 Å². The van der Waals surface area contributed by atoms with Gasteiger partial charge in [-0.1, -0.05) is 54.6 Å². The Morgan fingerprint density at radius 2 is 1.64 bits per heavy atom. The fraction of sp³-hybridized carbons (Fsp3) is 0.400. The number of ether oxygens (including phenoxy) is 2. The molecule has 2 N–H and O–H groups in total. The highest BCUT2D eigenvalue weighted by Crippen LogP contribution is 2.30. The molecule has 0 aliphatic carbocycles. The third kappa shape index (κ3) is 7.11. The van der Waals surface area contributed by atoms with E-state index in [1.807, 2.05) is 53.4 Å². The van der Waals surface area contributed by atoms with Gasteiger partial charge in [0.1, 0.15) is 17.9 Å². The number of alkyl carbamates (subject to hydrolysis) is 1. The zero-order chi connectivity index (χ0) is 30.5. The quantitative estimate of drug-likeness (QED) is 0.251. The molecule has 2 bridgehead atoms. The van der Waals surface area contributed by atoms with Crippen LogP contribution >= 0.6 is 0 Å². The fourth-order valence-electron chi connectivity index (χ4n) is 6.72. The standard InChI is InChI=1S/C35H39N3O6/c39-33(40)30-10-5-18-38(30)21-15-24-11-13-29(14-12-24)43-34(41)28-9-4-8-27(22-28)32(26-6-2-1-3-7-26)36-35(42)44-31-23-37-19-16-25(31)17-20-37/h1-4,6-9,11-14,22,25,30-32H,5,10,15-21,23H2,(H,36,42)(H,39,40)/t30-,31-,32-/m0/s1. The molecule has 3 atom stereocenters. The van der Waals surface area contributed by atoms with E-state index in [4.69, 9.17) is 9.47 Å². The van der Waals surface area contributed by atoms with Crippen molar-refractivity contribution in [3.63, 3.8) is 0 Å². The molecule has 9 heteroatoms. The van der Waals surface area contributed by atoms with Gasteiger partial charge in [0, 0.05) is 13.1 Å². The minimum absolute atomic E-state index is 0.108. The minimum atomic E-state index is -0.760. The highest BCUT2D eigenvalue weighted by molar-refractivity contribution is 5.91. The molecule has 0 aromatic heterocycles. The molecule has 4 aliphatic rings. The number of nitrogens with zero attached hydrogens (tertiary/aromatic N) is 2. The summed E-state index contributed by atoms with van der Waals surface area (Å²) in [4.78, 5) is 42.1. The predicted octanol–water partition coefficient (Wildman–Crippen LogP) is 4.91. The van der Waals surface area contributed by atoms with Crippen molar-refractivity contribution in [2.45, 2.75) is 50.3 Å². The normalized spacial score (nSPS) is 23.5. The molecule has 7 rings (SSSR count). The summed E-state index contributed by atoms with van der Waals surface area (Å²) in [5.41, 5.74) is 3.04. The molecule has 4 saturated heterocycles. The maximum Gasteiger partial charge on any atom is 0.408 e. The van der Waals surface area contributed by atoms with E-state index in [-0.39, 0.29) is 6.10 Å². The van der Waals surface area contributed by atoms with Crippen LogP contribution in [0.1, 0.15) is 58.8 Å². The second-order valence-corrected chi connectivity index (χ2v) is 12.0. The van der Waals surface area contributed by atoms with Gasteiger partial charge < -0.3 is 19.9 Å². The summed E-state index contributed by atoms with van der Waals surface area (Å²) in [6.07, 6.45) is 3.85. The molecule has 0 spiro atoms. The number of fused-ring (bicyclic) bond motifs is 3. The van der Waals surface area contributed by atoms with Crippen molar-refractivity contribution >= 4 is 18.0 Å². The van der Waals surface area contributed by atoms with Crippen LogP contribution in [0.2, 0.25) is 0 Å². The summed E-state index contributed by atoms with van der Waals surface area (Å²) in [7, 11) is 0. The number of carbonyl (C=O) groups excluding carboxylic acids is 2. The Bertz CT molecular complexity index is 1450. The monoisotopic (exact) mass is 597 g/mol. The van der Waals surface area contributed by atoms with Crippen LogP contribution in [0, 0.1) is 5.92 Å². The van der Waals surface area contributed by atoms with E-state index in [0.717, 1.165) is 68.6 Å². The lowest BCUT2D eigenvalue weighted by Gasteiger charge is -2.43. The second kappa shape index (κ2) is 13.6. The SMILES string of the molecule is O=C(N[C@@H](c1ccccc1)c1cccc(C(=O)Oc2ccc(CCN3CCC[C@H]3C(=O)O)cc2)c1)O[C@H]1CN2CCC1CC2. The van der Waals surface area contributed by atoms with Crippen LogP contribution in [-0.4, -0.2) is 77.8 Å². The molecule has 0 unspecified atom stereocenters. The lowest BCUT2D eigenvalue weighted by Crippen LogP contribution is -2.52. The molecule has 0 saturated carbocycles. The molecule has 3 aromatic carbocycles. The van der Waals surface area contributed by atoms with E-state index in [1.54, 1.807) is 30.3 Å². The van der Waals surface area contributed by atoms with Gasteiger partial charge in [0.2, 0.25) is 0 Å². The van der Waals surface area contributed by atoms with Crippen LogP contribution in [0.15, 0.2) is 78.9 Å². The highest BCUT2D eigenvalue weighted by Gasteiger charge is 2.37. The number of carbonyl (C=O) groups is 3. The van der Waals surface area contributed by atoms with Gasteiger partial charge >= 0.3 is 18.0 Å². The van der Waals surface area contributed by atoms with Crippen molar-refractivity contribution in [3.05, 3.63) is 101 Å². The van der Waals surface area contributed by atoms with Gasteiger partial charge in [-0.15, -0.1) is 0 Å². The Labute approximate surface area is 257 Å². The molecule has 44 heavy (non-hydrogen) atoms. The maximum atomic E-state index is 13.2. The van der Waals surface area contributed by atoms with Crippen LogP contribution in [0.5, 0.6) is 5.75 Å². The van der Waals surface area contributed by atoms with E-state index in [0.29, 0.717) is 30.2 Å². The number of carboxylic acid groups (broad SMARTS) is 1. The first kappa shape index (κ1) is 29.8. The number of aliphatic carboxylic acids is 1. The molecule has 9 nitrogen and oxygen atoms in total. The molecule has 230 valence electrons. The fourth-order valence-corrected chi connectivity index (χ4v) is 6.72. The van der Waals surface area contributed by atoms with Crippen LogP contribution in [0.4, 0.5) is 4.79 Å². The van der Waals surface area contributed by atoms with Crippen molar-refractivity contribution in [1.29, 1.82) is 0 Å². The van der Waals surface area contributed by atoms with Crippen molar-refractivity contribution in [2.75, 3.05) is 32.7 Å². The first-order valence-electron chi connectivity index (χ1n) is 15.6. The zero-order valence-corrected chi connectivity index (χ0v) is 24.8. The van der Waals surface area contributed by atoms with E-state index in [9.17, 15) is 19.5 Å². The average Bonchev–Trinajstić information content (AvgIpc) is 3.54. The van der Waals surface area contributed by atoms with Crippen LogP contribution < -0.4 is 10.1 Å². The van der Waals surface area contributed by atoms with Gasteiger partial charge in [-0.25, -0.2) is 9.59 Å². The van der Waals surface area contributed by atoms with E-state index < -0.39 is 30.1 Å². The number of hydrogen-bond donors (Lipinski definition) is 2. The smallest absolute Gasteiger partial charge is 0.408 e. The molecule has 1 amide bonds. The second-order valence-electron chi connectivity index (χ2n) is 12.0. The minimum Gasteiger partial charge on any atom is -0.480 e. The number of rotatable bonds is 10. The lowest BCUT2D eigenvalue weighted by molar-refractivity contribution is -0.142. The van der Waals surface area contributed by atoms with Crippen LogP contribution in [0.25, 0.3) is 0 Å². The Hall–Kier alpha value is -4.21. The Morgan fingerprint density at radius 1 is 0.886 bits per heavy atom. The van der Waals surface area contributed by atoms with Crippen molar-refractivity contribution < 1.29 is 29.0 Å². The van der Waals surface area contributed by atoms with Crippen molar-refractivity contribution in [2.24, 2.45) is 5.92 Å². The molecular weight excluding hydrogens is 558 g/mol. The number of carboxylic acids is 1. The largest absolute Gasteiger partial charge is 0.480 e. The van der Waals surface area contributed by atoms with E-state index in [2.05, 4.69) is 10.2 Å². The Balaban J connectivity index is 1.10. The number of piperidine rings is 3. The number of benzene rings is 3. The molecule has 0 radical (unpaired) electrons. The summed E-state index contributed by atoms with van der Waals surface area (Å²) in [6, 6.07) is 23.2. The van der Waals surface area contributed by atoms with Crippen molar-refractivity contribution in [3.8, 4) is 5.75 Å². The number of nitrogens with one attached hydrogen (secondary N) is 1. The topological polar surface area (TPSA) is 108 Å². The predicted molar refractivity (Wildman–Crippen MR) is 165 cm³/mol. The number of esters is 1. The Morgan fingerprint density at radius 3 is 2.34 bits per heavy atom. The molecule has 4 aliphatic heterocycles. The third-order valence-electron chi connectivity index (χ3n) is 9.18. The Kier molecular flexibility index (Phi) is 9.23. The maximum absolute atomic E-state index is 13.2. The lowest BCUT2D eigenvalue weighted by atomic mass is 9.86. The summed E-state index contributed by atoms with van der Waals surface area (Å²) >= 11 is 0. The van der Waals surface area contributed by atoms with Gasteiger partial charge in [-0.2, -0.15) is 0 Å². The first-order valence-corrected chi connectivity index (χ1v) is 15.6. The molecular formula is C35H39N3O6. The first-order chi connectivity index (χ1) is 21.4. The summed E-state index contributed by atoms with van der Waals surface area (Å²) < 4.78 is 11.6. The van der Waals surface area contributed by atoms with E-state index >= 15 is 0 Å². The number of hydrogen-bond acceptors (Lipinski definition) is 7. The summed E-state index contributed by atoms with van der Waals surface area (Å²) in [5.74, 6) is -0.429. The highest BCUT2D eigenvalue weighted by atomic mass is 16.6. The van der Waals surface area contributed by atoms with Gasteiger partial charge in [0.15, 0.2) is 0 Å². The number of amides is 1. The number of likely N-dealkylation sites (tertiary alicyclic amines) is 1. The van der Waals surface area contributed by atoms with Gasteiger partial charge in [-0.05, 0) is 98.6 Å².